The van der Waals surface area contributed by atoms with Crippen LogP contribution in [0.4, 0.5) is 0 Å². The van der Waals surface area contributed by atoms with Gasteiger partial charge < -0.3 is 0 Å². The third kappa shape index (κ3) is 0.827. The summed E-state index contributed by atoms with van der Waals surface area (Å²) in [7, 11) is 1.91. The van der Waals surface area contributed by atoms with Crippen LogP contribution in [0, 0.1) is 6.92 Å². The predicted molar refractivity (Wildman–Crippen MR) is 42.1 cm³/mol. The molecule has 1 heterocycles. The first-order chi connectivity index (χ1) is 5.29. The van der Waals surface area contributed by atoms with Crippen molar-refractivity contribution in [1.29, 1.82) is 0 Å². The maximum atomic E-state index is 5.38. The summed E-state index contributed by atoms with van der Waals surface area (Å²) in [4.78, 5) is 0. The van der Waals surface area contributed by atoms with Gasteiger partial charge in [-0.15, -0.1) is 0 Å². The molecule has 2 rings (SSSR count). The number of benzene rings is 1. The van der Waals surface area contributed by atoms with Gasteiger partial charge in [0.25, 0.3) is 5.52 Å². The van der Waals surface area contributed by atoms with Gasteiger partial charge in [0, 0.05) is 13.0 Å². The van der Waals surface area contributed by atoms with Crippen molar-refractivity contribution in [2.45, 2.75) is 6.92 Å². The lowest BCUT2D eigenvalue weighted by atomic mass is 10.2. The molecular formula is C9H10NO+. The van der Waals surface area contributed by atoms with Crippen molar-refractivity contribution in [3.05, 3.63) is 30.0 Å². The van der Waals surface area contributed by atoms with E-state index in [1.54, 1.807) is 4.74 Å². The van der Waals surface area contributed by atoms with Crippen LogP contribution in [0.15, 0.2) is 28.8 Å². The van der Waals surface area contributed by atoms with Crippen LogP contribution in [-0.4, -0.2) is 0 Å². The molecule has 0 atom stereocenters. The van der Waals surface area contributed by atoms with Crippen molar-refractivity contribution in [1.82, 2.24) is 0 Å². The summed E-state index contributed by atoms with van der Waals surface area (Å²) in [6.07, 6.45) is 0. The van der Waals surface area contributed by atoms with Gasteiger partial charge in [-0.25, -0.2) is 4.52 Å². The maximum absolute atomic E-state index is 5.38. The van der Waals surface area contributed by atoms with E-state index in [2.05, 4.69) is 6.07 Å². The number of hydrogen-bond donors (Lipinski definition) is 0. The highest BCUT2D eigenvalue weighted by molar-refractivity contribution is 5.77. The highest BCUT2D eigenvalue weighted by Gasteiger charge is 2.11. The molecule has 0 aliphatic heterocycles. The summed E-state index contributed by atoms with van der Waals surface area (Å²) in [5, 5.41) is 1.19. The van der Waals surface area contributed by atoms with Gasteiger partial charge in [-0.05, 0) is 10.8 Å². The summed E-state index contributed by atoms with van der Waals surface area (Å²) >= 11 is 0. The summed E-state index contributed by atoms with van der Waals surface area (Å²) < 4.78 is 7.16. The van der Waals surface area contributed by atoms with Crippen molar-refractivity contribution in [3.8, 4) is 0 Å². The van der Waals surface area contributed by atoms with Gasteiger partial charge in [-0.1, -0.05) is 12.1 Å². The first-order valence-corrected chi connectivity index (χ1v) is 3.63. The van der Waals surface area contributed by atoms with Crippen molar-refractivity contribution in [2.24, 2.45) is 7.05 Å². The number of fused-ring (bicyclic) bond motifs is 1. The van der Waals surface area contributed by atoms with E-state index >= 15 is 0 Å². The minimum atomic E-state index is 0.975. The van der Waals surface area contributed by atoms with E-state index < -0.39 is 0 Å². The largest absolute Gasteiger partial charge is 0.261 e. The highest BCUT2D eigenvalue weighted by Crippen LogP contribution is 2.13. The van der Waals surface area contributed by atoms with Gasteiger partial charge in [-0.3, -0.25) is 0 Å². The minimum Gasteiger partial charge on any atom is -0.241 e. The van der Waals surface area contributed by atoms with Crippen LogP contribution in [0.25, 0.3) is 10.9 Å². The van der Waals surface area contributed by atoms with Crippen LogP contribution in [0.5, 0.6) is 0 Å². The predicted octanol–water partition coefficient (Wildman–Crippen LogP) is 1.57. The molecule has 0 N–H and O–H groups in total. The Balaban J connectivity index is 2.95. The van der Waals surface area contributed by atoms with Crippen LogP contribution < -0.4 is 4.74 Å². The Morgan fingerprint density at radius 2 is 2.00 bits per heavy atom. The molecule has 0 unspecified atom stereocenters. The Morgan fingerprint density at radius 1 is 1.27 bits per heavy atom. The molecule has 0 saturated carbocycles. The number of para-hydroxylation sites is 1. The molecule has 1 aromatic heterocycles. The Bertz CT molecular complexity index is 353. The van der Waals surface area contributed by atoms with E-state index in [4.69, 9.17) is 4.52 Å². The fourth-order valence-electron chi connectivity index (χ4n) is 1.35. The van der Waals surface area contributed by atoms with Gasteiger partial charge in [0.1, 0.15) is 0 Å². The zero-order valence-corrected chi connectivity index (χ0v) is 6.66. The molecule has 1 aromatic carbocycles. The standard InChI is InChI=1S/C9H10NO/c1-7-8-5-3-4-6-9(8)10(2)11-7/h3-6H,1-2H3/q+1. The number of nitrogens with zero attached hydrogens (tertiary/aromatic N) is 1. The second-order valence-electron chi connectivity index (χ2n) is 2.66. The molecule has 11 heavy (non-hydrogen) atoms. The molecule has 0 fully saturated rings. The maximum Gasteiger partial charge on any atom is 0.261 e. The summed E-state index contributed by atoms with van der Waals surface area (Å²) in [6.45, 7) is 1.97. The molecule has 0 spiro atoms. The van der Waals surface area contributed by atoms with E-state index in [0.717, 1.165) is 11.3 Å². The summed E-state index contributed by atoms with van der Waals surface area (Å²) in [6, 6.07) is 8.14. The first kappa shape index (κ1) is 6.40. The normalized spacial score (nSPS) is 10.7. The second kappa shape index (κ2) is 2.09. The van der Waals surface area contributed by atoms with Crippen molar-refractivity contribution in [3.63, 3.8) is 0 Å². The number of aryl methyl sites for hydroxylation is 2. The van der Waals surface area contributed by atoms with Crippen molar-refractivity contribution >= 4 is 10.9 Å². The zero-order valence-electron chi connectivity index (χ0n) is 6.66. The van der Waals surface area contributed by atoms with Gasteiger partial charge in [0.15, 0.2) is 12.8 Å². The molecule has 0 aliphatic carbocycles. The van der Waals surface area contributed by atoms with Crippen molar-refractivity contribution < 1.29 is 9.26 Å². The molecule has 0 radical (unpaired) electrons. The van der Waals surface area contributed by atoms with Crippen molar-refractivity contribution in [2.75, 3.05) is 0 Å². The van der Waals surface area contributed by atoms with E-state index in [1.165, 1.54) is 5.39 Å². The number of aromatic nitrogens is 1. The van der Waals surface area contributed by atoms with Crippen LogP contribution >= 0.6 is 0 Å². The van der Waals surface area contributed by atoms with E-state index in [9.17, 15) is 0 Å². The Labute approximate surface area is 65.0 Å². The lowest BCUT2D eigenvalue weighted by molar-refractivity contribution is -0.825. The van der Waals surface area contributed by atoms with E-state index in [1.807, 2.05) is 32.2 Å². The second-order valence-corrected chi connectivity index (χ2v) is 2.66. The fourth-order valence-corrected chi connectivity index (χ4v) is 1.35. The van der Waals surface area contributed by atoms with Gasteiger partial charge in [0.05, 0.1) is 5.39 Å². The van der Waals surface area contributed by atoms with Crippen LogP contribution in [-0.2, 0) is 7.05 Å². The first-order valence-electron chi connectivity index (χ1n) is 3.63. The zero-order chi connectivity index (χ0) is 7.84. The Kier molecular flexibility index (Phi) is 1.22. The summed E-state index contributed by atoms with van der Waals surface area (Å²) in [5.74, 6) is 0.975. The fraction of sp³-hybridized carbons (Fsp3) is 0.222. The molecule has 0 amide bonds. The molecule has 2 heteroatoms. The number of hydrogen-bond acceptors (Lipinski definition) is 1. The highest BCUT2D eigenvalue weighted by atomic mass is 16.5. The molecule has 0 aliphatic rings. The molecule has 0 saturated heterocycles. The van der Waals surface area contributed by atoms with Crippen LogP contribution in [0.2, 0.25) is 0 Å². The molecule has 2 nitrogen and oxygen atoms in total. The minimum absolute atomic E-state index is 0.975. The lowest BCUT2D eigenvalue weighted by Gasteiger charge is -1.78. The van der Waals surface area contributed by atoms with E-state index in [0.29, 0.717) is 0 Å². The monoisotopic (exact) mass is 148 g/mol. The SMILES string of the molecule is Cc1o[n+](C)c2ccccc12. The smallest absolute Gasteiger partial charge is 0.241 e. The molecular weight excluding hydrogens is 138 g/mol. The molecule has 2 aromatic rings. The summed E-state index contributed by atoms with van der Waals surface area (Å²) in [5.41, 5.74) is 1.14. The quantitative estimate of drug-likeness (QED) is 0.518. The lowest BCUT2D eigenvalue weighted by Crippen LogP contribution is -2.24. The third-order valence-corrected chi connectivity index (χ3v) is 1.90. The number of rotatable bonds is 0. The van der Waals surface area contributed by atoms with Gasteiger partial charge >= 0.3 is 0 Å². The van der Waals surface area contributed by atoms with Gasteiger partial charge in [0.2, 0.25) is 0 Å². The Morgan fingerprint density at radius 3 is 2.73 bits per heavy atom. The third-order valence-electron chi connectivity index (χ3n) is 1.90. The average Bonchev–Trinajstić information content (AvgIpc) is 2.30. The van der Waals surface area contributed by atoms with E-state index in [-0.39, 0.29) is 0 Å². The average molecular weight is 148 g/mol. The molecule has 56 valence electrons. The Hall–Kier alpha value is -1.31. The van der Waals surface area contributed by atoms with Crippen LogP contribution in [0.3, 0.4) is 0 Å². The topological polar surface area (TPSA) is 17.0 Å². The molecule has 0 bridgehead atoms. The van der Waals surface area contributed by atoms with Gasteiger partial charge in [-0.2, -0.15) is 0 Å². The van der Waals surface area contributed by atoms with Crippen LogP contribution in [0.1, 0.15) is 5.76 Å².